The van der Waals surface area contributed by atoms with E-state index in [-0.39, 0.29) is 11.3 Å². The maximum atomic E-state index is 11.9. The number of hydrogen-bond donors (Lipinski definition) is 1. The summed E-state index contributed by atoms with van der Waals surface area (Å²) in [6, 6.07) is 12.3. The third-order valence-electron chi connectivity index (χ3n) is 3.04. The van der Waals surface area contributed by atoms with Gasteiger partial charge in [-0.15, -0.1) is 0 Å². The summed E-state index contributed by atoms with van der Waals surface area (Å²) in [6.45, 7) is 0.377. The minimum absolute atomic E-state index is 0.0797. The molecule has 128 valence electrons. The number of carbonyl (C=O) groups excluding carboxylic acids is 1. The molecule has 0 fully saturated rings. The number of hydrogen-bond acceptors (Lipinski definition) is 5. The van der Waals surface area contributed by atoms with Gasteiger partial charge in [0.15, 0.2) is 0 Å². The molecule has 0 atom stereocenters. The molecule has 0 aromatic heterocycles. The summed E-state index contributed by atoms with van der Waals surface area (Å²) < 4.78 is 5.39. The molecule has 0 aliphatic heterocycles. The SMILES string of the molecule is O=C(NN=Cc1ccc(OCC=CCl)cc1)c1ccc([N+](=O)[O-])cc1. The number of ether oxygens (including phenoxy) is 1. The fourth-order valence-corrected chi connectivity index (χ4v) is 1.87. The highest BCUT2D eigenvalue weighted by Gasteiger charge is 2.08. The second-order valence-corrected chi connectivity index (χ2v) is 5.00. The van der Waals surface area contributed by atoms with E-state index in [1.165, 1.54) is 36.0 Å². The number of non-ortho nitro benzene ring substituents is 1. The molecule has 7 nitrogen and oxygen atoms in total. The van der Waals surface area contributed by atoms with Crippen molar-refractivity contribution in [3.05, 3.63) is 81.4 Å². The van der Waals surface area contributed by atoms with Crippen molar-refractivity contribution < 1.29 is 14.5 Å². The highest BCUT2D eigenvalue weighted by atomic mass is 35.5. The van der Waals surface area contributed by atoms with E-state index in [0.717, 1.165) is 5.56 Å². The molecule has 0 radical (unpaired) electrons. The van der Waals surface area contributed by atoms with Crippen LogP contribution in [0.25, 0.3) is 0 Å². The second-order valence-electron chi connectivity index (χ2n) is 4.74. The summed E-state index contributed by atoms with van der Waals surface area (Å²) in [5.41, 5.74) is 4.71. The molecule has 25 heavy (non-hydrogen) atoms. The van der Waals surface area contributed by atoms with Crippen LogP contribution in [0, 0.1) is 10.1 Å². The van der Waals surface area contributed by atoms with Gasteiger partial charge in [0.25, 0.3) is 11.6 Å². The lowest BCUT2D eigenvalue weighted by molar-refractivity contribution is -0.384. The molecule has 1 N–H and O–H groups in total. The number of amides is 1. The topological polar surface area (TPSA) is 93.8 Å². The zero-order valence-electron chi connectivity index (χ0n) is 13.0. The van der Waals surface area contributed by atoms with E-state index in [9.17, 15) is 14.9 Å². The summed E-state index contributed by atoms with van der Waals surface area (Å²) >= 11 is 5.40. The van der Waals surface area contributed by atoms with Crippen LogP contribution in [0.5, 0.6) is 5.75 Å². The number of nitrogens with one attached hydrogen (secondary N) is 1. The molecule has 0 aliphatic rings. The standard InChI is InChI=1S/C17H14ClN3O4/c18-10-1-11-25-16-8-2-13(3-9-16)12-19-20-17(22)14-4-6-15(7-5-14)21(23)24/h1-10,12H,11H2,(H,20,22). The number of benzene rings is 2. The predicted molar refractivity (Wildman–Crippen MR) is 95.1 cm³/mol. The van der Waals surface area contributed by atoms with Crippen molar-refractivity contribution in [1.29, 1.82) is 0 Å². The Labute approximate surface area is 148 Å². The van der Waals surface area contributed by atoms with Crippen LogP contribution in [0.15, 0.2) is 65.2 Å². The smallest absolute Gasteiger partial charge is 0.271 e. The van der Waals surface area contributed by atoms with Gasteiger partial charge >= 0.3 is 0 Å². The van der Waals surface area contributed by atoms with Crippen LogP contribution in [0.4, 0.5) is 5.69 Å². The molecule has 0 saturated heterocycles. The van der Waals surface area contributed by atoms with E-state index in [0.29, 0.717) is 12.4 Å². The van der Waals surface area contributed by atoms with Crippen LogP contribution < -0.4 is 10.2 Å². The first-order valence-corrected chi connectivity index (χ1v) is 7.60. The van der Waals surface area contributed by atoms with Gasteiger partial charge in [0.05, 0.1) is 11.1 Å². The average molecular weight is 360 g/mol. The number of hydrazone groups is 1. The van der Waals surface area contributed by atoms with Crippen LogP contribution >= 0.6 is 11.6 Å². The van der Waals surface area contributed by atoms with Gasteiger partial charge in [0.2, 0.25) is 0 Å². The number of carbonyl (C=O) groups is 1. The monoisotopic (exact) mass is 359 g/mol. The molecular formula is C17H14ClN3O4. The minimum atomic E-state index is -0.529. The molecule has 2 rings (SSSR count). The Morgan fingerprint density at radius 2 is 1.88 bits per heavy atom. The lowest BCUT2D eigenvalue weighted by atomic mass is 10.2. The quantitative estimate of drug-likeness (QED) is 0.465. The Kier molecular flexibility index (Phi) is 6.67. The molecule has 0 saturated carbocycles. The van der Waals surface area contributed by atoms with Crippen molar-refractivity contribution in [2.45, 2.75) is 0 Å². The van der Waals surface area contributed by atoms with Crippen molar-refractivity contribution in [2.75, 3.05) is 6.61 Å². The molecule has 0 heterocycles. The van der Waals surface area contributed by atoms with Gasteiger partial charge in [-0.3, -0.25) is 14.9 Å². The Bertz CT molecular complexity index is 787. The molecule has 2 aromatic rings. The summed E-state index contributed by atoms with van der Waals surface area (Å²) in [4.78, 5) is 21.9. The van der Waals surface area contributed by atoms with Crippen molar-refractivity contribution in [3.63, 3.8) is 0 Å². The van der Waals surface area contributed by atoms with Gasteiger partial charge in [0.1, 0.15) is 12.4 Å². The Hall–Kier alpha value is -3.19. The second kappa shape index (κ2) is 9.19. The largest absolute Gasteiger partial charge is 0.490 e. The van der Waals surface area contributed by atoms with Crippen molar-refractivity contribution in [3.8, 4) is 5.75 Å². The van der Waals surface area contributed by atoms with E-state index < -0.39 is 10.8 Å². The molecule has 1 amide bonds. The van der Waals surface area contributed by atoms with Crippen LogP contribution in [-0.4, -0.2) is 23.7 Å². The molecule has 0 bridgehead atoms. The molecular weight excluding hydrogens is 346 g/mol. The molecule has 0 aliphatic carbocycles. The number of nitro benzene ring substituents is 1. The number of rotatable bonds is 7. The third-order valence-corrected chi connectivity index (χ3v) is 3.21. The van der Waals surface area contributed by atoms with Crippen LogP contribution in [0.1, 0.15) is 15.9 Å². The highest BCUT2D eigenvalue weighted by Crippen LogP contribution is 2.12. The van der Waals surface area contributed by atoms with Gasteiger partial charge in [0, 0.05) is 23.2 Å². The molecule has 2 aromatic carbocycles. The lowest BCUT2D eigenvalue weighted by Gasteiger charge is -2.03. The summed E-state index contributed by atoms with van der Waals surface area (Å²) in [7, 11) is 0. The zero-order chi connectivity index (χ0) is 18.1. The summed E-state index contributed by atoms with van der Waals surface area (Å²) in [5.74, 6) is 0.223. The first-order chi connectivity index (χ1) is 12.1. The maximum Gasteiger partial charge on any atom is 0.271 e. The van der Waals surface area contributed by atoms with E-state index >= 15 is 0 Å². The molecule has 0 spiro atoms. The Morgan fingerprint density at radius 1 is 1.20 bits per heavy atom. The third kappa shape index (κ3) is 5.74. The number of nitro groups is 1. The first-order valence-electron chi connectivity index (χ1n) is 7.16. The van der Waals surface area contributed by atoms with Crippen molar-refractivity contribution >= 4 is 29.4 Å². The fourth-order valence-electron chi connectivity index (χ4n) is 1.80. The highest BCUT2D eigenvalue weighted by molar-refractivity contribution is 6.25. The summed E-state index contributed by atoms with van der Waals surface area (Å²) in [5, 5.41) is 14.4. The van der Waals surface area contributed by atoms with Gasteiger partial charge in [-0.05, 0) is 48.0 Å². The van der Waals surface area contributed by atoms with E-state index in [2.05, 4.69) is 10.5 Å². The Morgan fingerprint density at radius 3 is 2.48 bits per heavy atom. The lowest BCUT2D eigenvalue weighted by Crippen LogP contribution is -2.17. The van der Waals surface area contributed by atoms with Crippen LogP contribution in [0.2, 0.25) is 0 Å². The molecule has 0 unspecified atom stereocenters. The number of nitrogens with zero attached hydrogens (tertiary/aromatic N) is 2. The van der Waals surface area contributed by atoms with Gasteiger partial charge < -0.3 is 4.74 Å². The zero-order valence-corrected chi connectivity index (χ0v) is 13.7. The van der Waals surface area contributed by atoms with E-state index in [4.69, 9.17) is 16.3 Å². The summed E-state index contributed by atoms with van der Waals surface area (Å²) in [6.07, 6.45) is 3.15. The fraction of sp³-hybridized carbons (Fsp3) is 0.0588. The van der Waals surface area contributed by atoms with Gasteiger partial charge in [-0.1, -0.05) is 11.6 Å². The van der Waals surface area contributed by atoms with E-state index in [1.54, 1.807) is 30.3 Å². The minimum Gasteiger partial charge on any atom is -0.490 e. The predicted octanol–water partition coefficient (Wildman–Crippen LogP) is 3.49. The average Bonchev–Trinajstić information content (AvgIpc) is 2.63. The van der Waals surface area contributed by atoms with Gasteiger partial charge in [-0.25, -0.2) is 5.43 Å². The van der Waals surface area contributed by atoms with Gasteiger partial charge in [-0.2, -0.15) is 5.10 Å². The van der Waals surface area contributed by atoms with Crippen molar-refractivity contribution in [1.82, 2.24) is 5.43 Å². The first kappa shape index (κ1) is 18.2. The molecule has 8 heteroatoms. The Balaban J connectivity index is 1.89. The number of halogens is 1. The van der Waals surface area contributed by atoms with E-state index in [1.807, 2.05) is 0 Å². The van der Waals surface area contributed by atoms with Crippen LogP contribution in [-0.2, 0) is 0 Å². The maximum absolute atomic E-state index is 11.9. The normalized spacial score (nSPS) is 10.9. The van der Waals surface area contributed by atoms with Crippen molar-refractivity contribution in [2.24, 2.45) is 5.10 Å². The van der Waals surface area contributed by atoms with Crippen LogP contribution in [0.3, 0.4) is 0 Å².